The van der Waals surface area contributed by atoms with Crippen molar-refractivity contribution in [1.29, 1.82) is 0 Å². The van der Waals surface area contributed by atoms with Crippen molar-refractivity contribution in [1.82, 2.24) is 19.5 Å². The van der Waals surface area contributed by atoms with Gasteiger partial charge in [-0.25, -0.2) is 28.5 Å². The molecule has 1 amide bonds. The first-order valence-electron chi connectivity index (χ1n) is 12.7. The van der Waals surface area contributed by atoms with Crippen LogP contribution in [0, 0.1) is 5.41 Å². The average Bonchev–Trinajstić information content (AvgIpc) is 3.22. The molecule has 3 heterocycles. The van der Waals surface area contributed by atoms with Gasteiger partial charge in [0.05, 0.1) is 11.9 Å². The maximum absolute atomic E-state index is 15.1. The fourth-order valence-corrected chi connectivity index (χ4v) is 5.23. The SMILES string of the molecule is CC(=O)O[C@H]1[C@H](n2cnc3c(NC(=O)c4ccccc4)ncnc32)O[C@H](COC(=O)c2ccccc2)[C@]12CC2(F)F. The van der Waals surface area contributed by atoms with E-state index in [2.05, 4.69) is 20.3 Å². The van der Waals surface area contributed by atoms with Crippen molar-refractivity contribution >= 4 is 34.8 Å². The molecule has 0 unspecified atom stereocenters. The van der Waals surface area contributed by atoms with Crippen molar-refractivity contribution in [3.05, 3.63) is 84.4 Å². The maximum atomic E-state index is 15.1. The first kappa shape index (κ1) is 26.4. The molecule has 2 aliphatic rings. The molecule has 4 aromatic rings. The van der Waals surface area contributed by atoms with Gasteiger partial charge in [-0.15, -0.1) is 0 Å². The Labute approximate surface area is 231 Å². The van der Waals surface area contributed by atoms with Crippen LogP contribution in [0.3, 0.4) is 0 Å². The van der Waals surface area contributed by atoms with Crippen LogP contribution >= 0.6 is 0 Å². The third kappa shape index (κ3) is 4.57. The van der Waals surface area contributed by atoms with Crippen LogP contribution in [0.1, 0.15) is 40.3 Å². The Balaban J connectivity index is 1.32. The molecule has 0 bridgehead atoms. The lowest BCUT2D eigenvalue weighted by Gasteiger charge is -2.24. The Kier molecular flexibility index (Phi) is 6.45. The largest absolute Gasteiger partial charge is 0.459 e. The van der Waals surface area contributed by atoms with E-state index < -0.39 is 60.6 Å². The van der Waals surface area contributed by atoms with Gasteiger partial charge in [0.25, 0.3) is 11.8 Å². The van der Waals surface area contributed by atoms with Crippen LogP contribution in [-0.4, -0.2) is 62.1 Å². The molecule has 2 fully saturated rings. The minimum atomic E-state index is -3.26. The van der Waals surface area contributed by atoms with Gasteiger partial charge in [0, 0.05) is 18.9 Å². The zero-order chi connectivity index (χ0) is 28.8. The normalized spacial score (nSPS) is 24.2. The first-order valence-corrected chi connectivity index (χ1v) is 12.7. The quantitative estimate of drug-likeness (QED) is 0.333. The number of ether oxygens (including phenoxy) is 3. The van der Waals surface area contributed by atoms with E-state index in [0.717, 1.165) is 6.92 Å². The molecule has 1 aliphatic heterocycles. The van der Waals surface area contributed by atoms with Crippen molar-refractivity contribution in [2.45, 2.75) is 37.7 Å². The standard InChI is InChI=1S/C28H23F2N5O6/c1-16(36)40-21-25(41-19(27(21)13-28(27,29)30)12-39-26(38)18-10-6-3-7-11-18)35-15-33-20-22(31-14-32-23(20)35)34-24(37)17-8-4-2-5-9-17/h2-11,14-15,19,21,25H,12-13H2,1H3,(H,31,32,34,37)/t19-,21+,25-,27-/m1/s1. The third-order valence-corrected chi connectivity index (χ3v) is 7.28. The van der Waals surface area contributed by atoms with Gasteiger partial charge >= 0.3 is 11.9 Å². The van der Waals surface area contributed by atoms with Crippen LogP contribution in [0.4, 0.5) is 14.6 Å². The van der Waals surface area contributed by atoms with E-state index in [1.807, 2.05) is 0 Å². The van der Waals surface area contributed by atoms with Gasteiger partial charge in [0.15, 0.2) is 29.3 Å². The van der Waals surface area contributed by atoms with E-state index in [1.165, 1.54) is 29.4 Å². The summed E-state index contributed by atoms with van der Waals surface area (Å²) >= 11 is 0. The average molecular weight is 564 g/mol. The molecule has 210 valence electrons. The Hall–Kier alpha value is -4.78. The molecular formula is C28H23F2N5O6. The highest BCUT2D eigenvalue weighted by molar-refractivity contribution is 6.06. The molecule has 1 saturated heterocycles. The second kappa shape index (κ2) is 10.0. The fourth-order valence-electron chi connectivity index (χ4n) is 5.23. The van der Waals surface area contributed by atoms with Crippen molar-refractivity contribution < 1.29 is 37.4 Å². The molecule has 1 saturated carbocycles. The second-order valence-corrected chi connectivity index (χ2v) is 9.80. The van der Waals surface area contributed by atoms with E-state index in [4.69, 9.17) is 14.2 Å². The number of amides is 1. The highest BCUT2D eigenvalue weighted by atomic mass is 19.3. The number of benzene rings is 2. The van der Waals surface area contributed by atoms with Crippen LogP contribution in [-0.2, 0) is 19.0 Å². The number of hydrogen-bond donors (Lipinski definition) is 1. The fraction of sp³-hybridized carbons (Fsp3) is 0.286. The van der Waals surface area contributed by atoms with Crippen molar-refractivity contribution in [3.63, 3.8) is 0 Å². The third-order valence-electron chi connectivity index (χ3n) is 7.28. The molecule has 41 heavy (non-hydrogen) atoms. The highest BCUT2D eigenvalue weighted by Gasteiger charge is 2.84. The number of fused-ring (bicyclic) bond motifs is 1. The van der Waals surface area contributed by atoms with E-state index in [1.54, 1.807) is 48.5 Å². The summed E-state index contributed by atoms with van der Waals surface area (Å²) in [4.78, 5) is 50.0. The van der Waals surface area contributed by atoms with Gasteiger partial charge in [0.2, 0.25) is 0 Å². The van der Waals surface area contributed by atoms with Crippen LogP contribution < -0.4 is 5.32 Å². The molecule has 1 spiro atoms. The zero-order valence-electron chi connectivity index (χ0n) is 21.6. The number of carbonyl (C=O) groups excluding carboxylic acids is 3. The molecule has 4 atom stereocenters. The molecule has 2 aromatic carbocycles. The summed E-state index contributed by atoms with van der Waals surface area (Å²) in [6.45, 7) is 0.608. The minimum Gasteiger partial charge on any atom is -0.459 e. The van der Waals surface area contributed by atoms with Crippen LogP contribution in [0.25, 0.3) is 11.2 Å². The molecule has 11 nitrogen and oxygen atoms in total. The number of aromatic nitrogens is 4. The topological polar surface area (TPSA) is 135 Å². The Morgan fingerprint density at radius 3 is 2.32 bits per heavy atom. The summed E-state index contributed by atoms with van der Waals surface area (Å²) in [7, 11) is 0. The van der Waals surface area contributed by atoms with E-state index in [0.29, 0.717) is 5.56 Å². The lowest BCUT2D eigenvalue weighted by atomic mass is 9.93. The van der Waals surface area contributed by atoms with Crippen molar-refractivity contribution in [3.8, 4) is 0 Å². The van der Waals surface area contributed by atoms with Gasteiger partial charge in [-0.3, -0.25) is 14.2 Å². The Morgan fingerprint density at radius 1 is 1.02 bits per heavy atom. The number of carbonyl (C=O) groups is 3. The molecule has 1 aliphatic carbocycles. The first-order chi connectivity index (χ1) is 19.7. The Bertz CT molecular complexity index is 1630. The summed E-state index contributed by atoms with van der Waals surface area (Å²) in [5.74, 6) is -5.11. The molecule has 13 heteroatoms. The monoisotopic (exact) mass is 563 g/mol. The maximum Gasteiger partial charge on any atom is 0.338 e. The zero-order valence-corrected chi connectivity index (χ0v) is 21.6. The predicted molar refractivity (Wildman–Crippen MR) is 138 cm³/mol. The highest BCUT2D eigenvalue weighted by Crippen LogP contribution is 2.71. The van der Waals surface area contributed by atoms with E-state index in [-0.39, 0.29) is 22.5 Å². The van der Waals surface area contributed by atoms with Gasteiger partial charge in [0.1, 0.15) is 24.5 Å². The number of anilines is 1. The van der Waals surface area contributed by atoms with Crippen LogP contribution in [0.2, 0.25) is 0 Å². The van der Waals surface area contributed by atoms with Gasteiger partial charge in [-0.05, 0) is 24.3 Å². The number of nitrogens with one attached hydrogen (secondary N) is 1. The summed E-state index contributed by atoms with van der Waals surface area (Å²) in [6.07, 6.45) is -2.23. The van der Waals surface area contributed by atoms with Crippen molar-refractivity contribution in [2.75, 3.05) is 11.9 Å². The van der Waals surface area contributed by atoms with E-state index >= 15 is 8.78 Å². The molecule has 6 rings (SSSR count). The molecule has 1 N–H and O–H groups in total. The lowest BCUT2D eigenvalue weighted by molar-refractivity contribution is -0.156. The van der Waals surface area contributed by atoms with Crippen molar-refractivity contribution in [2.24, 2.45) is 5.41 Å². The second-order valence-electron chi connectivity index (χ2n) is 9.80. The van der Waals surface area contributed by atoms with Gasteiger partial charge in [-0.2, -0.15) is 0 Å². The van der Waals surface area contributed by atoms with E-state index in [9.17, 15) is 14.4 Å². The summed E-state index contributed by atoms with van der Waals surface area (Å²) in [5, 5.41) is 2.68. The number of imidazole rings is 1. The molecular weight excluding hydrogens is 540 g/mol. The number of esters is 2. The number of alkyl halides is 2. The summed E-state index contributed by atoms with van der Waals surface area (Å²) < 4.78 is 48.4. The number of halogens is 2. The van der Waals surface area contributed by atoms with Gasteiger partial charge in [-0.1, -0.05) is 36.4 Å². The Morgan fingerprint density at radius 2 is 1.68 bits per heavy atom. The number of rotatable bonds is 7. The summed E-state index contributed by atoms with van der Waals surface area (Å²) in [5.41, 5.74) is -0.992. The van der Waals surface area contributed by atoms with Crippen LogP contribution in [0.5, 0.6) is 0 Å². The smallest absolute Gasteiger partial charge is 0.338 e. The lowest BCUT2D eigenvalue weighted by Crippen LogP contribution is -2.38. The molecule has 2 aromatic heterocycles. The molecule has 0 radical (unpaired) electrons. The van der Waals surface area contributed by atoms with Gasteiger partial charge < -0.3 is 19.5 Å². The minimum absolute atomic E-state index is 0.0874. The number of nitrogens with zero attached hydrogens (tertiary/aromatic N) is 4. The predicted octanol–water partition coefficient (Wildman–Crippen LogP) is 3.79. The number of hydrogen-bond acceptors (Lipinski definition) is 9. The summed E-state index contributed by atoms with van der Waals surface area (Å²) in [6, 6.07) is 16.5. The van der Waals surface area contributed by atoms with Crippen LogP contribution in [0.15, 0.2) is 73.3 Å².